The maximum Gasteiger partial charge on any atom is 0.270 e. The summed E-state index contributed by atoms with van der Waals surface area (Å²) < 4.78 is 29.9. The van der Waals surface area contributed by atoms with Gasteiger partial charge in [0.2, 0.25) is 0 Å². The Bertz CT molecular complexity index is 1570. The standard InChI is InChI=1S/C27H26Cl3N3O3S/c1-4-32(5-2)16-18-14-20(10-12-25(18)34)33(37(35,36)26-8-6-7-22(29)27(26)30)24-13-17(3)31-23-15-19(28)9-11-21(23)24/h6-15,34H,4-5,16H2,1-3H3. The number of pyridine rings is 1. The summed E-state index contributed by atoms with van der Waals surface area (Å²) in [4.78, 5) is 6.54. The maximum atomic E-state index is 14.3. The van der Waals surface area contributed by atoms with Crippen molar-refractivity contribution in [2.24, 2.45) is 0 Å². The lowest BCUT2D eigenvalue weighted by Crippen LogP contribution is -2.27. The number of phenolic OH excluding ortho intramolecular Hbond substituents is 1. The summed E-state index contributed by atoms with van der Waals surface area (Å²) in [5.74, 6) is 0.0799. The molecule has 0 aliphatic rings. The fourth-order valence-corrected chi connectivity index (χ4v) is 6.58. The average Bonchev–Trinajstić information content (AvgIpc) is 2.85. The second-order valence-electron chi connectivity index (χ2n) is 8.54. The van der Waals surface area contributed by atoms with E-state index in [1.165, 1.54) is 28.6 Å². The first kappa shape index (κ1) is 27.5. The average molecular weight is 579 g/mol. The van der Waals surface area contributed by atoms with Gasteiger partial charge in [-0.2, -0.15) is 0 Å². The summed E-state index contributed by atoms with van der Waals surface area (Å²) in [6, 6.07) is 16.0. The van der Waals surface area contributed by atoms with Gasteiger partial charge in [-0.3, -0.25) is 9.88 Å². The van der Waals surface area contributed by atoms with E-state index in [0.29, 0.717) is 45.1 Å². The smallest absolute Gasteiger partial charge is 0.270 e. The van der Waals surface area contributed by atoms with Crippen molar-refractivity contribution in [2.45, 2.75) is 32.2 Å². The predicted octanol–water partition coefficient (Wildman–Crippen LogP) is 7.58. The van der Waals surface area contributed by atoms with E-state index in [4.69, 9.17) is 34.8 Å². The molecule has 0 atom stereocenters. The van der Waals surface area contributed by atoms with Crippen molar-refractivity contribution in [3.63, 3.8) is 0 Å². The van der Waals surface area contributed by atoms with E-state index in [-0.39, 0.29) is 20.7 Å². The van der Waals surface area contributed by atoms with Gasteiger partial charge in [0.25, 0.3) is 10.0 Å². The summed E-state index contributed by atoms with van der Waals surface area (Å²) in [5.41, 5.74) is 2.44. The number of nitrogens with zero attached hydrogens (tertiary/aromatic N) is 3. The number of hydrogen-bond donors (Lipinski definition) is 1. The fourth-order valence-electron chi connectivity index (χ4n) is 4.18. The number of aromatic hydroxyl groups is 1. The Morgan fingerprint density at radius 2 is 1.68 bits per heavy atom. The highest BCUT2D eigenvalue weighted by Gasteiger charge is 2.31. The van der Waals surface area contributed by atoms with Crippen LogP contribution in [0.25, 0.3) is 10.9 Å². The molecular formula is C27H26Cl3N3O3S. The molecule has 1 N–H and O–H groups in total. The molecule has 0 aliphatic heterocycles. The number of halogens is 3. The first-order chi connectivity index (χ1) is 17.6. The molecule has 0 bridgehead atoms. The van der Waals surface area contributed by atoms with Gasteiger partial charge in [-0.1, -0.05) is 54.7 Å². The normalized spacial score (nSPS) is 11.9. The second-order valence-corrected chi connectivity index (χ2v) is 11.5. The summed E-state index contributed by atoms with van der Waals surface area (Å²) in [6.07, 6.45) is 0. The predicted molar refractivity (Wildman–Crippen MR) is 152 cm³/mol. The summed E-state index contributed by atoms with van der Waals surface area (Å²) in [7, 11) is -4.29. The van der Waals surface area contributed by atoms with Gasteiger partial charge >= 0.3 is 0 Å². The first-order valence-electron chi connectivity index (χ1n) is 11.7. The number of rotatable bonds is 8. The van der Waals surface area contributed by atoms with Gasteiger partial charge in [0.1, 0.15) is 10.6 Å². The quantitative estimate of drug-likeness (QED) is 0.233. The van der Waals surface area contributed by atoms with E-state index in [9.17, 15) is 13.5 Å². The first-order valence-corrected chi connectivity index (χ1v) is 14.2. The van der Waals surface area contributed by atoms with Gasteiger partial charge < -0.3 is 5.11 Å². The molecule has 1 aromatic heterocycles. The molecule has 0 aliphatic carbocycles. The Morgan fingerprint density at radius 1 is 0.946 bits per heavy atom. The Hall–Kier alpha value is -2.55. The van der Waals surface area contributed by atoms with Crippen LogP contribution in [0, 0.1) is 6.92 Å². The molecule has 0 spiro atoms. The van der Waals surface area contributed by atoms with E-state index in [0.717, 1.165) is 13.1 Å². The van der Waals surface area contributed by atoms with Crippen LogP contribution in [0.1, 0.15) is 25.1 Å². The highest BCUT2D eigenvalue weighted by atomic mass is 35.5. The van der Waals surface area contributed by atoms with Crippen molar-refractivity contribution in [3.05, 3.63) is 87.0 Å². The number of phenols is 1. The van der Waals surface area contributed by atoms with Crippen LogP contribution >= 0.6 is 34.8 Å². The molecule has 37 heavy (non-hydrogen) atoms. The Morgan fingerprint density at radius 3 is 2.38 bits per heavy atom. The van der Waals surface area contributed by atoms with Crippen LogP contribution < -0.4 is 4.31 Å². The zero-order valence-electron chi connectivity index (χ0n) is 20.5. The molecular weight excluding hydrogens is 553 g/mol. The Labute approximate surface area is 232 Å². The molecule has 3 aromatic carbocycles. The molecule has 0 saturated heterocycles. The number of sulfonamides is 1. The SMILES string of the molecule is CCN(CC)Cc1cc(N(c2cc(C)nc3cc(Cl)ccc23)S(=O)(=O)c2cccc(Cl)c2Cl)ccc1O. The molecule has 4 rings (SSSR count). The minimum absolute atomic E-state index is 0.0746. The molecule has 0 saturated carbocycles. The molecule has 10 heteroatoms. The van der Waals surface area contributed by atoms with Crippen LogP contribution in [-0.4, -0.2) is 36.5 Å². The minimum Gasteiger partial charge on any atom is -0.508 e. The maximum absolute atomic E-state index is 14.3. The summed E-state index contributed by atoms with van der Waals surface area (Å²) in [6.45, 7) is 7.83. The zero-order valence-corrected chi connectivity index (χ0v) is 23.6. The topological polar surface area (TPSA) is 73.7 Å². The second kappa shape index (κ2) is 11.1. The molecule has 4 aromatic rings. The number of hydrogen-bond acceptors (Lipinski definition) is 5. The Kier molecular flexibility index (Phi) is 8.21. The number of anilines is 2. The van der Waals surface area contributed by atoms with Crippen LogP contribution in [-0.2, 0) is 16.6 Å². The summed E-state index contributed by atoms with van der Waals surface area (Å²) >= 11 is 18.8. The third-order valence-electron chi connectivity index (χ3n) is 6.12. The van der Waals surface area contributed by atoms with Crippen LogP contribution in [0.15, 0.2) is 65.6 Å². The third kappa shape index (κ3) is 5.52. The highest BCUT2D eigenvalue weighted by Crippen LogP contribution is 2.41. The number of benzene rings is 3. The van der Waals surface area contributed by atoms with Crippen molar-refractivity contribution in [1.29, 1.82) is 0 Å². The van der Waals surface area contributed by atoms with Gasteiger partial charge in [0, 0.05) is 28.2 Å². The van der Waals surface area contributed by atoms with E-state index in [1.54, 1.807) is 43.3 Å². The molecule has 0 amide bonds. The fraction of sp³-hybridized carbons (Fsp3) is 0.222. The van der Waals surface area contributed by atoms with Crippen LogP contribution in [0.3, 0.4) is 0 Å². The molecule has 6 nitrogen and oxygen atoms in total. The monoisotopic (exact) mass is 577 g/mol. The third-order valence-corrected chi connectivity index (χ3v) is 9.07. The zero-order chi connectivity index (χ0) is 26.9. The van der Waals surface area contributed by atoms with E-state index in [1.807, 2.05) is 13.8 Å². The number of fused-ring (bicyclic) bond motifs is 1. The van der Waals surface area contributed by atoms with Gasteiger partial charge in [-0.15, -0.1) is 0 Å². The van der Waals surface area contributed by atoms with E-state index >= 15 is 0 Å². The lowest BCUT2D eigenvalue weighted by Gasteiger charge is -2.28. The Balaban J connectivity index is 2.04. The van der Waals surface area contributed by atoms with E-state index < -0.39 is 10.0 Å². The lowest BCUT2D eigenvalue weighted by molar-refractivity contribution is 0.291. The van der Waals surface area contributed by atoms with Crippen LogP contribution in [0.4, 0.5) is 11.4 Å². The van der Waals surface area contributed by atoms with Gasteiger partial charge in [-0.25, -0.2) is 12.7 Å². The van der Waals surface area contributed by atoms with E-state index in [2.05, 4.69) is 9.88 Å². The van der Waals surface area contributed by atoms with Crippen molar-refractivity contribution < 1.29 is 13.5 Å². The highest BCUT2D eigenvalue weighted by molar-refractivity contribution is 7.93. The largest absolute Gasteiger partial charge is 0.508 e. The van der Waals surface area contributed by atoms with Gasteiger partial charge in [0.05, 0.1) is 26.9 Å². The van der Waals surface area contributed by atoms with Crippen molar-refractivity contribution in [3.8, 4) is 5.75 Å². The number of aromatic nitrogens is 1. The lowest BCUT2D eigenvalue weighted by atomic mass is 10.1. The number of aryl methyl sites for hydroxylation is 1. The minimum atomic E-state index is -4.29. The molecule has 0 unspecified atom stereocenters. The van der Waals surface area contributed by atoms with Gasteiger partial charge in [-0.05, 0) is 74.6 Å². The molecule has 194 valence electrons. The molecule has 0 fully saturated rings. The molecule has 0 radical (unpaired) electrons. The van der Waals surface area contributed by atoms with Crippen LogP contribution in [0.5, 0.6) is 5.75 Å². The van der Waals surface area contributed by atoms with Crippen LogP contribution in [0.2, 0.25) is 15.1 Å². The van der Waals surface area contributed by atoms with Crippen molar-refractivity contribution >= 4 is 67.1 Å². The van der Waals surface area contributed by atoms with Gasteiger partial charge in [0.15, 0.2) is 0 Å². The summed E-state index contributed by atoms with van der Waals surface area (Å²) in [5, 5.41) is 11.7. The molecule has 1 heterocycles. The van der Waals surface area contributed by atoms with Crippen molar-refractivity contribution in [2.75, 3.05) is 17.4 Å². The van der Waals surface area contributed by atoms with Crippen molar-refractivity contribution in [1.82, 2.24) is 9.88 Å².